The molecule has 1 rings (SSSR count). The van der Waals surface area contributed by atoms with Crippen LogP contribution in [0.1, 0.15) is 26.7 Å². The van der Waals surface area contributed by atoms with Gasteiger partial charge in [0.15, 0.2) is 0 Å². The summed E-state index contributed by atoms with van der Waals surface area (Å²) in [6.07, 6.45) is 1.16. The molecule has 1 aromatic carbocycles. The van der Waals surface area contributed by atoms with Crippen LogP contribution in [0.25, 0.3) is 0 Å². The zero-order valence-corrected chi connectivity index (χ0v) is 10.4. The zero-order valence-electron chi connectivity index (χ0n) is 9.56. The zero-order chi connectivity index (χ0) is 12.2. The molecule has 0 bridgehead atoms. The van der Waals surface area contributed by atoms with E-state index in [1.165, 1.54) is 11.8 Å². The second-order valence-electron chi connectivity index (χ2n) is 3.65. The molecule has 0 fully saturated rings. The summed E-state index contributed by atoms with van der Waals surface area (Å²) in [5, 5.41) is 9.31. The highest BCUT2D eigenvalue weighted by Crippen LogP contribution is 2.40. The van der Waals surface area contributed by atoms with Gasteiger partial charge in [0.05, 0.1) is 0 Å². The first-order valence-electron chi connectivity index (χ1n) is 5.32. The summed E-state index contributed by atoms with van der Waals surface area (Å²) in [7, 11) is 0. The van der Waals surface area contributed by atoms with E-state index < -0.39 is 10.7 Å². The molecule has 4 heteroatoms. The summed E-state index contributed by atoms with van der Waals surface area (Å²) in [4.78, 5) is 12.2. The summed E-state index contributed by atoms with van der Waals surface area (Å²) in [5.74, 6) is -0.772. The molecule has 1 aromatic rings. The van der Waals surface area contributed by atoms with Gasteiger partial charge in [0, 0.05) is 10.6 Å². The SMILES string of the molecule is CCC(CC)(Sc1ccccc1N)C(=O)O. The van der Waals surface area contributed by atoms with Gasteiger partial charge in [0.2, 0.25) is 0 Å². The highest BCUT2D eigenvalue weighted by atomic mass is 32.2. The Labute approximate surface area is 100 Å². The molecule has 0 atom stereocenters. The van der Waals surface area contributed by atoms with Crippen molar-refractivity contribution in [2.24, 2.45) is 0 Å². The van der Waals surface area contributed by atoms with Crippen LogP contribution < -0.4 is 5.73 Å². The Morgan fingerprint density at radius 2 is 1.94 bits per heavy atom. The van der Waals surface area contributed by atoms with Gasteiger partial charge in [-0.15, -0.1) is 11.8 Å². The molecule has 3 nitrogen and oxygen atoms in total. The molecule has 0 spiro atoms. The molecule has 0 aliphatic rings. The highest BCUT2D eigenvalue weighted by Gasteiger charge is 2.36. The lowest BCUT2D eigenvalue weighted by Crippen LogP contribution is -2.33. The van der Waals surface area contributed by atoms with Crippen molar-refractivity contribution >= 4 is 23.4 Å². The number of thioether (sulfide) groups is 1. The molecule has 0 aromatic heterocycles. The van der Waals surface area contributed by atoms with Gasteiger partial charge in [0.1, 0.15) is 4.75 Å². The largest absolute Gasteiger partial charge is 0.480 e. The maximum absolute atomic E-state index is 11.3. The minimum absolute atomic E-state index is 0.581. The molecule has 0 saturated carbocycles. The van der Waals surface area contributed by atoms with Gasteiger partial charge in [-0.25, -0.2) is 0 Å². The number of anilines is 1. The average molecular weight is 239 g/mol. The normalized spacial score (nSPS) is 11.4. The average Bonchev–Trinajstić information content (AvgIpc) is 2.28. The van der Waals surface area contributed by atoms with Crippen molar-refractivity contribution in [3.8, 4) is 0 Å². The molecular weight excluding hydrogens is 222 g/mol. The van der Waals surface area contributed by atoms with Crippen molar-refractivity contribution in [1.82, 2.24) is 0 Å². The van der Waals surface area contributed by atoms with Crippen LogP contribution in [0.2, 0.25) is 0 Å². The molecule has 0 aliphatic heterocycles. The maximum atomic E-state index is 11.3. The monoisotopic (exact) mass is 239 g/mol. The van der Waals surface area contributed by atoms with Crippen LogP contribution in [0.3, 0.4) is 0 Å². The van der Waals surface area contributed by atoms with Crippen LogP contribution in [-0.2, 0) is 4.79 Å². The van der Waals surface area contributed by atoms with Gasteiger partial charge in [-0.05, 0) is 25.0 Å². The van der Waals surface area contributed by atoms with Gasteiger partial charge in [-0.3, -0.25) is 4.79 Å². The number of carboxylic acid groups (broad SMARTS) is 1. The number of benzene rings is 1. The van der Waals surface area contributed by atoms with E-state index >= 15 is 0 Å². The van der Waals surface area contributed by atoms with E-state index in [0.717, 1.165) is 4.90 Å². The molecule has 0 radical (unpaired) electrons. The van der Waals surface area contributed by atoms with Crippen LogP contribution in [0.5, 0.6) is 0 Å². The Morgan fingerprint density at radius 3 is 2.38 bits per heavy atom. The Bertz CT molecular complexity index is 375. The van der Waals surface area contributed by atoms with Gasteiger partial charge in [-0.2, -0.15) is 0 Å². The number of carbonyl (C=O) groups is 1. The number of aliphatic carboxylic acids is 1. The van der Waals surface area contributed by atoms with E-state index in [9.17, 15) is 9.90 Å². The number of hydrogen-bond donors (Lipinski definition) is 2. The molecule has 0 heterocycles. The van der Waals surface area contributed by atoms with Crippen LogP contribution in [-0.4, -0.2) is 15.8 Å². The molecule has 16 heavy (non-hydrogen) atoms. The van der Waals surface area contributed by atoms with E-state index in [0.29, 0.717) is 18.5 Å². The third kappa shape index (κ3) is 2.50. The Morgan fingerprint density at radius 1 is 1.38 bits per heavy atom. The maximum Gasteiger partial charge on any atom is 0.320 e. The summed E-state index contributed by atoms with van der Waals surface area (Å²) in [5.41, 5.74) is 6.46. The van der Waals surface area contributed by atoms with Gasteiger partial charge < -0.3 is 10.8 Å². The quantitative estimate of drug-likeness (QED) is 0.612. The first kappa shape index (κ1) is 12.9. The number of nitrogens with two attached hydrogens (primary N) is 1. The van der Waals surface area contributed by atoms with Crippen molar-refractivity contribution in [3.63, 3.8) is 0 Å². The van der Waals surface area contributed by atoms with Crippen molar-refractivity contribution < 1.29 is 9.90 Å². The van der Waals surface area contributed by atoms with Crippen LogP contribution in [0, 0.1) is 0 Å². The van der Waals surface area contributed by atoms with Crippen LogP contribution >= 0.6 is 11.8 Å². The molecule has 0 unspecified atom stereocenters. The predicted octanol–water partition coefficient (Wildman–Crippen LogP) is 3.00. The second kappa shape index (κ2) is 5.25. The summed E-state index contributed by atoms with van der Waals surface area (Å²) in [6.45, 7) is 3.79. The molecule has 3 N–H and O–H groups in total. The molecule has 88 valence electrons. The lowest BCUT2D eigenvalue weighted by molar-refractivity contribution is -0.140. The summed E-state index contributed by atoms with van der Waals surface area (Å²) < 4.78 is -0.768. The fourth-order valence-corrected chi connectivity index (χ4v) is 2.65. The predicted molar refractivity (Wildman–Crippen MR) is 67.7 cm³/mol. The number of rotatable bonds is 5. The van der Waals surface area contributed by atoms with Crippen LogP contribution in [0.15, 0.2) is 29.2 Å². The van der Waals surface area contributed by atoms with Gasteiger partial charge in [0.25, 0.3) is 0 Å². The number of nitrogen functional groups attached to an aromatic ring is 1. The van der Waals surface area contributed by atoms with Crippen molar-refractivity contribution in [3.05, 3.63) is 24.3 Å². The number of carboxylic acids is 1. The highest BCUT2D eigenvalue weighted by molar-refractivity contribution is 8.01. The van der Waals surface area contributed by atoms with Crippen LogP contribution in [0.4, 0.5) is 5.69 Å². The van der Waals surface area contributed by atoms with E-state index in [1.807, 2.05) is 32.0 Å². The molecule has 0 aliphatic carbocycles. The smallest absolute Gasteiger partial charge is 0.320 e. The standard InChI is InChI=1S/C12H17NO2S/c1-3-12(4-2,11(14)15)16-10-8-6-5-7-9(10)13/h5-8H,3-4,13H2,1-2H3,(H,14,15). The van der Waals surface area contributed by atoms with Crippen molar-refractivity contribution in [1.29, 1.82) is 0 Å². The topological polar surface area (TPSA) is 63.3 Å². The van der Waals surface area contributed by atoms with Crippen molar-refractivity contribution in [2.45, 2.75) is 36.3 Å². The van der Waals surface area contributed by atoms with E-state index in [2.05, 4.69) is 0 Å². The second-order valence-corrected chi connectivity index (χ2v) is 5.07. The first-order chi connectivity index (χ1) is 7.55. The minimum atomic E-state index is -0.772. The fraction of sp³-hybridized carbons (Fsp3) is 0.417. The summed E-state index contributed by atoms with van der Waals surface area (Å²) >= 11 is 1.35. The number of para-hydroxylation sites is 1. The minimum Gasteiger partial charge on any atom is -0.480 e. The van der Waals surface area contributed by atoms with E-state index in [1.54, 1.807) is 6.07 Å². The molecule has 0 saturated heterocycles. The summed E-state index contributed by atoms with van der Waals surface area (Å²) in [6, 6.07) is 7.37. The van der Waals surface area contributed by atoms with Gasteiger partial charge >= 0.3 is 5.97 Å². The van der Waals surface area contributed by atoms with E-state index in [-0.39, 0.29) is 0 Å². The Balaban J connectivity index is 3.01. The van der Waals surface area contributed by atoms with Gasteiger partial charge in [-0.1, -0.05) is 26.0 Å². The van der Waals surface area contributed by atoms with Crippen molar-refractivity contribution in [2.75, 3.05) is 5.73 Å². The Kier molecular flexibility index (Phi) is 4.24. The third-order valence-electron chi connectivity index (χ3n) is 2.76. The molecule has 0 amide bonds. The van der Waals surface area contributed by atoms with E-state index in [4.69, 9.17) is 5.73 Å². The Hall–Kier alpha value is -1.16. The fourth-order valence-electron chi connectivity index (χ4n) is 1.52. The first-order valence-corrected chi connectivity index (χ1v) is 6.14. The lowest BCUT2D eigenvalue weighted by Gasteiger charge is -2.26. The lowest BCUT2D eigenvalue weighted by atomic mass is 10.0. The third-order valence-corrected chi connectivity index (χ3v) is 4.49. The number of hydrogen-bond acceptors (Lipinski definition) is 3. The molecular formula is C12H17NO2S.